The first kappa shape index (κ1) is 15.9. The predicted molar refractivity (Wildman–Crippen MR) is 78.7 cm³/mol. The summed E-state index contributed by atoms with van der Waals surface area (Å²) in [6.45, 7) is 0.372. The summed E-state index contributed by atoms with van der Waals surface area (Å²) in [6.07, 6.45) is 7.59. The number of nitrogens with zero attached hydrogens (tertiary/aromatic N) is 1. The average molecular weight is 365 g/mol. The van der Waals surface area contributed by atoms with E-state index in [1.54, 1.807) is 0 Å². The number of aromatic nitrogens is 1. The van der Waals surface area contributed by atoms with Gasteiger partial charge in [0, 0.05) is 18.1 Å². The molecule has 1 heterocycles. The summed E-state index contributed by atoms with van der Waals surface area (Å²) in [5.41, 5.74) is -0.0356. The Hall–Kier alpha value is -0.530. The first-order valence-corrected chi connectivity index (χ1v) is 9.24. The van der Waals surface area contributed by atoms with Gasteiger partial charge in [0.25, 0.3) is 0 Å². The van der Waals surface area contributed by atoms with E-state index in [0.717, 1.165) is 49.5 Å². The van der Waals surface area contributed by atoms with Crippen LogP contribution in [0.15, 0.2) is 23.4 Å². The summed E-state index contributed by atoms with van der Waals surface area (Å²) in [6, 6.07) is 0.983. The zero-order valence-electron chi connectivity index (χ0n) is 11.1. The average Bonchev–Trinajstić information content (AvgIpc) is 2.46. The molecule has 0 radical (unpaired) electrons. The van der Waals surface area contributed by atoms with E-state index in [1.165, 1.54) is 6.42 Å². The summed E-state index contributed by atoms with van der Waals surface area (Å²) >= 11 is 3.50. The van der Waals surface area contributed by atoms with Crippen LogP contribution in [0.2, 0.25) is 0 Å². The molecule has 0 atom stereocenters. The largest absolute Gasteiger partial charge is 0.260 e. The second kappa shape index (κ2) is 6.49. The standard InChI is InChI=1S/C13H18BrFN2O2S/c14-9-13(4-2-1-3-5-13)10-17-20(18,19)12-6-11(15)7-16-8-12/h6-8,17H,1-5,9-10H2. The number of alkyl halides is 1. The summed E-state index contributed by atoms with van der Waals surface area (Å²) in [4.78, 5) is 3.45. The van der Waals surface area contributed by atoms with Gasteiger partial charge in [-0.25, -0.2) is 17.5 Å². The van der Waals surface area contributed by atoms with E-state index >= 15 is 0 Å². The van der Waals surface area contributed by atoms with E-state index < -0.39 is 15.8 Å². The highest BCUT2D eigenvalue weighted by Gasteiger charge is 2.32. The molecule has 0 spiro atoms. The van der Waals surface area contributed by atoms with Gasteiger partial charge in [0.2, 0.25) is 10.0 Å². The Bertz CT molecular complexity index is 559. The SMILES string of the molecule is O=S(=O)(NCC1(CBr)CCCCC1)c1cncc(F)c1. The Morgan fingerprint density at radius 2 is 2.00 bits per heavy atom. The molecule has 4 nitrogen and oxygen atoms in total. The van der Waals surface area contributed by atoms with E-state index in [2.05, 4.69) is 25.6 Å². The van der Waals surface area contributed by atoms with Crippen molar-refractivity contribution in [1.29, 1.82) is 0 Å². The zero-order chi connectivity index (χ0) is 14.6. The minimum absolute atomic E-state index is 0.0356. The van der Waals surface area contributed by atoms with Crippen LogP contribution >= 0.6 is 15.9 Å². The fraction of sp³-hybridized carbons (Fsp3) is 0.615. The van der Waals surface area contributed by atoms with Crippen molar-refractivity contribution in [3.05, 3.63) is 24.3 Å². The number of hydrogen-bond acceptors (Lipinski definition) is 3. The third kappa shape index (κ3) is 3.77. The quantitative estimate of drug-likeness (QED) is 0.817. The number of halogens is 2. The van der Waals surface area contributed by atoms with Crippen molar-refractivity contribution < 1.29 is 12.8 Å². The first-order chi connectivity index (χ1) is 9.47. The van der Waals surface area contributed by atoms with Gasteiger partial charge in [0.1, 0.15) is 10.7 Å². The normalized spacial score (nSPS) is 18.9. The molecule has 1 fully saturated rings. The Morgan fingerprint density at radius 3 is 2.60 bits per heavy atom. The molecule has 1 aliphatic carbocycles. The lowest BCUT2D eigenvalue weighted by Gasteiger charge is -2.35. The molecule has 0 amide bonds. The molecule has 0 bridgehead atoms. The number of rotatable bonds is 5. The van der Waals surface area contributed by atoms with E-state index in [4.69, 9.17) is 0 Å². The van der Waals surface area contributed by atoms with E-state index in [1.807, 2.05) is 0 Å². The Morgan fingerprint density at radius 1 is 1.30 bits per heavy atom. The number of nitrogens with one attached hydrogen (secondary N) is 1. The highest BCUT2D eigenvalue weighted by Crippen LogP contribution is 2.37. The third-order valence-corrected chi connectivity index (χ3v) is 6.38. The minimum Gasteiger partial charge on any atom is -0.260 e. The molecular formula is C13H18BrFN2O2S. The minimum atomic E-state index is -3.70. The number of sulfonamides is 1. The summed E-state index contributed by atoms with van der Waals surface area (Å²) in [5, 5.41) is 0.768. The van der Waals surface area contributed by atoms with Crippen LogP contribution in [0, 0.1) is 11.2 Å². The van der Waals surface area contributed by atoms with Crippen LogP contribution < -0.4 is 4.72 Å². The van der Waals surface area contributed by atoms with Crippen LogP contribution in [-0.4, -0.2) is 25.3 Å². The monoisotopic (exact) mass is 364 g/mol. The fourth-order valence-corrected chi connectivity index (χ4v) is 4.42. The smallest absolute Gasteiger partial charge is 0.242 e. The Balaban J connectivity index is 2.08. The Labute approximate surface area is 127 Å². The Kier molecular flexibility index (Phi) is 5.14. The van der Waals surface area contributed by atoms with Crippen molar-refractivity contribution >= 4 is 26.0 Å². The topological polar surface area (TPSA) is 59.1 Å². The molecule has 0 aromatic carbocycles. The highest BCUT2D eigenvalue weighted by atomic mass is 79.9. The van der Waals surface area contributed by atoms with Crippen molar-refractivity contribution in [2.45, 2.75) is 37.0 Å². The maximum atomic E-state index is 13.1. The van der Waals surface area contributed by atoms with Gasteiger partial charge in [0.15, 0.2) is 0 Å². The summed E-state index contributed by atoms with van der Waals surface area (Å²) in [7, 11) is -3.70. The lowest BCUT2D eigenvalue weighted by atomic mass is 9.76. The van der Waals surface area contributed by atoms with Gasteiger partial charge >= 0.3 is 0 Å². The van der Waals surface area contributed by atoms with Crippen LogP contribution in [-0.2, 0) is 10.0 Å². The second-order valence-corrected chi connectivity index (χ2v) is 7.69. The van der Waals surface area contributed by atoms with Gasteiger partial charge in [-0.05, 0) is 24.3 Å². The van der Waals surface area contributed by atoms with Gasteiger partial charge in [0.05, 0.1) is 6.20 Å². The maximum absolute atomic E-state index is 13.1. The molecular weight excluding hydrogens is 347 g/mol. The fourth-order valence-electron chi connectivity index (χ4n) is 2.53. The molecule has 112 valence electrons. The molecule has 1 aliphatic rings. The van der Waals surface area contributed by atoms with Crippen molar-refractivity contribution in [2.24, 2.45) is 5.41 Å². The molecule has 1 N–H and O–H groups in total. The summed E-state index contributed by atoms with van der Waals surface area (Å²) in [5.74, 6) is -0.652. The molecule has 0 aliphatic heterocycles. The van der Waals surface area contributed by atoms with Gasteiger partial charge in [-0.1, -0.05) is 35.2 Å². The van der Waals surface area contributed by atoms with Crippen molar-refractivity contribution in [3.8, 4) is 0 Å². The van der Waals surface area contributed by atoms with Crippen molar-refractivity contribution in [2.75, 3.05) is 11.9 Å². The maximum Gasteiger partial charge on any atom is 0.242 e. The van der Waals surface area contributed by atoms with Gasteiger partial charge in [-0.2, -0.15) is 0 Å². The third-order valence-electron chi connectivity index (χ3n) is 3.82. The van der Waals surface area contributed by atoms with E-state index in [-0.39, 0.29) is 10.3 Å². The molecule has 0 unspecified atom stereocenters. The van der Waals surface area contributed by atoms with Crippen LogP contribution in [0.5, 0.6) is 0 Å². The highest BCUT2D eigenvalue weighted by molar-refractivity contribution is 9.09. The molecule has 0 saturated heterocycles. The lowest BCUT2D eigenvalue weighted by molar-refractivity contribution is 0.227. The van der Waals surface area contributed by atoms with Gasteiger partial charge in [-0.3, -0.25) is 4.98 Å². The molecule has 1 saturated carbocycles. The van der Waals surface area contributed by atoms with Crippen LogP contribution in [0.4, 0.5) is 4.39 Å². The second-order valence-electron chi connectivity index (χ2n) is 5.36. The van der Waals surface area contributed by atoms with Crippen molar-refractivity contribution in [3.63, 3.8) is 0 Å². The molecule has 1 aromatic rings. The molecule has 20 heavy (non-hydrogen) atoms. The van der Waals surface area contributed by atoms with Gasteiger partial charge < -0.3 is 0 Å². The van der Waals surface area contributed by atoms with Crippen LogP contribution in [0.25, 0.3) is 0 Å². The molecule has 2 rings (SSSR count). The summed E-state index contributed by atoms with van der Waals surface area (Å²) < 4.78 is 40.0. The van der Waals surface area contributed by atoms with Crippen LogP contribution in [0.3, 0.4) is 0 Å². The number of pyridine rings is 1. The first-order valence-electron chi connectivity index (χ1n) is 6.64. The van der Waals surface area contributed by atoms with E-state index in [0.29, 0.717) is 6.54 Å². The predicted octanol–water partition coefficient (Wildman–Crippen LogP) is 2.84. The molecule has 1 aromatic heterocycles. The zero-order valence-corrected chi connectivity index (χ0v) is 13.5. The van der Waals surface area contributed by atoms with E-state index in [9.17, 15) is 12.8 Å². The van der Waals surface area contributed by atoms with Gasteiger partial charge in [-0.15, -0.1) is 0 Å². The van der Waals surface area contributed by atoms with Crippen LogP contribution in [0.1, 0.15) is 32.1 Å². The number of hydrogen-bond donors (Lipinski definition) is 1. The lowest BCUT2D eigenvalue weighted by Crippen LogP contribution is -2.40. The molecule has 7 heteroatoms. The van der Waals surface area contributed by atoms with Crippen molar-refractivity contribution in [1.82, 2.24) is 9.71 Å².